The normalized spacial score (nSPS) is 18.0. The van der Waals surface area contributed by atoms with Crippen molar-refractivity contribution in [2.75, 3.05) is 5.01 Å². The summed E-state index contributed by atoms with van der Waals surface area (Å²) >= 11 is 0. The van der Waals surface area contributed by atoms with Gasteiger partial charge in [0, 0.05) is 6.42 Å². The SMILES string of the molecule is N#CC1=NN(c2ccccc2)[C@H](c2ccccc2)CC1=O. The number of anilines is 1. The molecule has 0 aromatic heterocycles. The zero-order valence-corrected chi connectivity index (χ0v) is 11.3. The fraction of sp³-hybridized carbons (Fsp3) is 0.118. The van der Waals surface area contributed by atoms with Crippen molar-refractivity contribution < 1.29 is 4.79 Å². The van der Waals surface area contributed by atoms with Crippen molar-refractivity contribution in [3.05, 3.63) is 66.2 Å². The van der Waals surface area contributed by atoms with Crippen molar-refractivity contribution in [3.63, 3.8) is 0 Å². The standard InChI is InChI=1S/C17H13N3O/c18-12-15-17(21)11-16(13-7-3-1-4-8-13)20(19-15)14-9-5-2-6-10-14/h1-10,16H,11H2/t16-/m0/s1. The highest BCUT2D eigenvalue weighted by atomic mass is 16.1. The summed E-state index contributed by atoms with van der Waals surface area (Å²) in [7, 11) is 0. The molecule has 1 heterocycles. The average molecular weight is 275 g/mol. The molecule has 0 amide bonds. The van der Waals surface area contributed by atoms with Gasteiger partial charge in [-0.3, -0.25) is 9.80 Å². The molecule has 0 spiro atoms. The van der Waals surface area contributed by atoms with Gasteiger partial charge in [0.05, 0.1) is 11.7 Å². The number of hydrogen-bond donors (Lipinski definition) is 0. The highest BCUT2D eigenvalue weighted by Crippen LogP contribution is 2.33. The lowest BCUT2D eigenvalue weighted by molar-refractivity contribution is -0.113. The van der Waals surface area contributed by atoms with E-state index in [1.54, 1.807) is 5.01 Å². The van der Waals surface area contributed by atoms with Crippen LogP contribution in [0.3, 0.4) is 0 Å². The third-order valence-corrected chi connectivity index (χ3v) is 3.46. The predicted octanol–water partition coefficient (Wildman–Crippen LogP) is 3.09. The molecule has 21 heavy (non-hydrogen) atoms. The smallest absolute Gasteiger partial charge is 0.203 e. The lowest BCUT2D eigenvalue weighted by Crippen LogP contribution is -2.34. The summed E-state index contributed by atoms with van der Waals surface area (Å²) in [6, 6.07) is 21.0. The number of carbonyl (C=O) groups is 1. The molecule has 0 fully saturated rings. The maximum Gasteiger partial charge on any atom is 0.203 e. The van der Waals surface area contributed by atoms with Gasteiger partial charge >= 0.3 is 0 Å². The summed E-state index contributed by atoms with van der Waals surface area (Å²) in [6.07, 6.45) is 0.255. The van der Waals surface area contributed by atoms with E-state index in [0.29, 0.717) is 0 Å². The number of nitrogens with zero attached hydrogens (tertiary/aromatic N) is 3. The molecule has 0 saturated carbocycles. The summed E-state index contributed by atoms with van der Waals surface area (Å²) in [6.45, 7) is 0. The van der Waals surface area contributed by atoms with Gasteiger partial charge in [0.15, 0.2) is 5.78 Å². The van der Waals surface area contributed by atoms with E-state index in [4.69, 9.17) is 5.26 Å². The van der Waals surface area contributed by atoms with Crippen LogP contribution in [0.2, 0.25) is 0 Å². The van der Waals surface area contributed by atoms with E-state index in [9.17, 15) is 4.79 Å². The number of ketones is 1. The Bertz CT molecular complexity index is 717. The molecular weight excluding hydrogens is 262 g/mol. The highest BCUT2D eigenvalue weighted by molar-refractivity contribution is 6.46. The summed E-state index contributed by atoms with van der Waals surface area (Å²) in [5.41, 5.74) is 1.84. The van der Waals surface area contributed by atoms with Crippen LogP contribution >= 0.6 is 0 Å². The van der Waals surface area contributed by atoms with Gasteiger partial charge in [-0.25, -0.2) is 0 Å². The van der Waals surface area contributed by atoms with E-state index in [1.807, 2.05) is 66.7 Å². The van der Waals surface area contributed by atoms with Crippen LogP contribution in [-0.2, 0) is 4.79 Å². The highest BCUT2D eigenvalue weighted by Gasteiger charge is 2.31. The molecule has 2 aromatic rings. The first-order valence-corrected chi connectivity index (χ1v) is 6.70. The second-order valence-electron chi connectivity index (χ2n) is 4.79. The molecule has 1 aliphatic heterocycles. The topological polar surface area (TPSA) is 56.5 Å². The van der Waals surface area contributed by atoms with Gasteiger partial charge in [-0.2, -0.15) is 10.4 Å². The zero-order chi connectivity index (χ0) is 14.7. The summed E-state index contributed by atoms with van der Waals surface area (Å²) < 4.78 is 0. The van der Waals surface area contributed by atoms with Crippen LogP contribution in [0.1, 0.15) is 18.0 Å². The van der Waals surface area contributed by atoms with E-state index in [2.05, 4.69) is 5.10 Å². The Morgan fingerprint density at radius 2 is 1.67 bits per heavy atom. The van der Waals surface area contributed by atoms with E-state index in [1.165, 1.54) is 0 Å². The Labute approximate surface area is 122 Å². The van der Waals surface area contributed by atoms with Crippen molar-refractivity contribution in [2.24, 2.45) is 5.10 Å². The largest absolute Gasteiger partial charge is 0.291 e. The Hall–Kier alpha value is -2.93. The number of benzene rings is 2. The molecule has 4 nitrogen and oxygen atoms in total. The van der Waals surface area contributed by atoms with Gasteiger partial charge in [-0.15, -0.1) is 0 Å². The third kappa shape index (κ3) is 2.54. The number of hydrazone groups is 1. The summed E-state index contributed by atoms with van der Waals surface area (Å²) in [5.74, 6) is -0.210. The van der Waals surface area contributed by atoms with Crippen molar-refractivity contribution in [1.82, 2.24) is 0 Å². The van der Waals surface area contributed by atoms with Crippen molar-refractivity contribution in [2.45, 2.75) is 12.5 Å². The third-order valence-electron chi connectivity index (χ3n) is 3.46. The van der Waals surface area contributed by atoms with Crippen LogP contribution in [0.5, 0.6) is 0 Å². The van der Waals surface area contributed by atoms with E-state index in [0.717, 1.165) is 11.3 Å². The van der Waals surface area contributed by atoms with Gasteiger partial charge in [0.2, 0.25) is 5.71 Å². The molecule has 0 radical (unpaired) electrons. The molecule has 0 aliphatic carbocycles. The van der Waals surface area contributed by atoms with E-state index in [-0.39, 0.29) is 24.0 Å². The average Bonchev–Trinajstić information content (AvgIpc) is 2.56. The molecule has 2 aromatic carbocycles. The lowest BCUT2D eigenvalue weighted by atomic mass is 9.97. The Morgan fingerprint density at radius 1 is 1.05 bits per heavy atom. The van der Waals surface area contributed by atoms with Gasteiger partial charge in [0.1, 0.15) is 6.07 Å². The van der Waals surface area contributed by atoms with Crippen molar-refractivity contribution in [3.8, 4) is 6.07 Å². The molecule has 0 saturated heterocycles. The van der Waals surface area contributed by atoms with Crippen molar-refractivity contribution in [1.29, 1.82) is 5.26 Å². The number of nitriles is 1. The minimum Gasteiger partial charge on any atom is -0.291 e. The first-order chi connectivity index (χ1) is 10.3. The Morgan fingerprint density at radius 3 is 2.29 bits per heavy atom. The van der Waals surface area contributed by atoms with Crippen LogP contribution < -0.4 is 5.01 Å². The maximum atomic E-state index is 12.0. The Kier molecular flexibility index (Phi) is 3.48. The fourth-order valence-corrected chi connectivity index (χ4v) is 2.43. The zero-order valence-electron chi connectivity index (χ0n) is 11.3. The minimum absolute atomic E-state index is 0.0361. The molecule has 0 N–H and O–H groups in total. The number of Topliss-reactive ketones (excluding diaryl/α,β-unsaturated/α-hetero) is 1. The fourth-order valence-electron chi connectivity index (χ4n) is 2.43. The second-order valence-corrected chi connectivity index (χ2v) is 4.79. The number of para-hydroxylation sites is 1. The number of carbonyl (C=O) groups excluding carboxylic acids is 1. The molecular formula is C17H13N3O. The number of rotatable bonds is 2. The molecule has 1 aliphatic rings. The van der Waals surface area contributed by atoms with Crippen LogP contribution in [0.4, 0.5) is 5.69 Å². The van der Waals surface area contributed by atoms with Gasteiger partial charge in [-0.1, -0.05) is 48.5 Å². The monoisotopic (exact) mass is 275 g/mol. The molecule has 4 heteroatoms. The molecule has 1 atom stereocenters. The van der Waals surface area contributed by atoms with Crippen LogP contribution in [0, 0.1) is 11.3 Å². The van der Waals surface area contributed by atoms with Gasteiger partial charge in [-0.05, 0) is 17.7 Å². The van der Waals surface area contributed by atoms with Crippen LogP contribution in [0.25, 0.3) is 0 Å². The summed E-state index contributed by atoms with van der Waals surface area (Å²) in [4.78, 5) is 12.0. The van der Waals surface area contributed by atoms with E-state index < -0.39 is 0 Å². The van der Waals surface area contributed by atoms with Crippen LogP contribution in [-0.4, -0.2) is 11.5 Å². The molecule has 102 valence electrons. The first-order valence-electron chi connectivity index (χ1n) is 6.70. The minimum atomic E-state index is -0.210. The molecule has 0 bridgehead atoms. The second kappa shape index (κ2) is 5.59. The lowest BCUT2D eigenvalue weighted by Gasteiger charge is -2.32. The van der Waals surface area contributed by atoms with E-state index >= 15 is 0 Å². The first kappa shape index (κ1) is 13.1. The number of hydrogen-bond acceptors (Lipinski definition) is 4. The predicted molar refractivity (Wildman–Crippen MR) is 80.8 cm³/mol. The molecule has 0 unspecified atom stereocenters. The van der Waals surface area contributed by atoms with Crippen molar-refractivity contribution >= 4 is 17.2 Å². The Balaban J connectivity index is 2.08. The van der Waals surface area contributed by atoms with Crippen LogP contribution in [0.15, 0.2) is 65.8 Å². The van der Waals surface area contributed by atoms with Gasteiger partial charge < -0.3 is 0 Å². The molecule has 3 rings (SSSR count). The summed E-state index contributed by atoms with van der Waals surface area (Å²) in [5, 5.41) is 15.1. The maximum absolute atomic E-state index is 12.0. The van der Waals surface area contributed by atoms with Gasteiger partial charge in [0.25, 0.3) is 0 Å². The quantitative estimate of drug-likeness (QED) is 0.846.